The molecular weight excluding hydrogens is 451 g/mol. The summed E-state index contributed by atoms with van der Waals surface area (Å²) in [7, 11) is -7.61. The van der Waals surface area contributed by atoms with Crippen LogP contribution in [-0.2, 0) is 14.4 Å². The van der Waals surface area contributed by atoms with Crippen molar-refractivity contribution < 1.29 is 32.8 Å². The molecule has 0 bridgehead atoms. The third-order valence-electron chi connectivity index (χ3n) is 5.80. The molecule has 0 aliphatic heterocycles. The smallest absolute Gasteiger partial charge is 0.396 e. The summed E-state index contributed by atoms with van der Waals surface area (Å²) in [5.74, 6) is 3.36. The van der Waals surface area contributed by atoms with E-state index in [1.807, 2.05) is 0 Å². The van der Waals surface area contributed by atoms with Gasteiger partial charge in [-0.2, -0.15) is 0 Å². The molecule has 7 nitrogen and oxygen atoms in total. The number of hydrogen-bond donors (Lipinski definition) is 4. The number of aliphatic hydroxyl groups excluding tert-OH is 1. The van der Waals surface area contributed by atoms with Gasteiger partial charge in [0.2, 0.25) is 0 Å². The Morgan fingerprint density at radius 3 is 1.31 bits per heavy atom. The molecule has 0 aliphatic rings. The molecular formula is C23H51O7PS. The second-order valence-electron chi connectivity index (χ2n) is 10.0. The fourth-order valence-electron chi connectivity index (χ4n) is 3.70. The monoisotopic (exact) mass is 502 g/mol. The van der Waals surface area contributed by atoms with Gasteiger partial charge in [-0.15, -0.1) is 0 Å². The van der Waals surface area contributed by atoms with Gasteiger partial charge in [0.1, 0.15) is 9.84 Å². The van der Waals surface area contributed by atoms with Crippen molar-refractivity contribution in [3.8, 4) is 0 Å². The Morgan fingerprint density at radius 2 is 0.969 bits per heavy atom. The van der Waals surface area contributed by atoms with Gasteiger partial charge in [0, 0.05) is 6.61 Å². The molecule has 0 aromatic heterocycles. The predicted octanol–water partition coefficient (Wildman–Crippen LogP) is 5.32. The largest absolute Gasteiger partial charge is 0.466 e. The standard InChI is InChI=1S/C23H48O3S.H3O4P/c1-20(2)10-6-11-21(3)12-7-13-22(4)14-8-15-23(5)16-19-27(25,26)18-9-17-24;1-5(2,3)4/h20-24H,6-19H2,1-5H3;(H3,1,2,3,4). The Balaban J connectivity index is 0. The molecule has 0 saturated carbocycles. The van der Waals surface area contributed by atoms with Crippen LogP contribution in [0, 0.1) is 23.7 Å². The van der Waals surface area contributed by atoms with Crippen molar-refractivity contribution in [3.63, 3.8) is 0 Å². The number of phosphoric acid groups is 1. The van der Waals surface area contributed by atoms with E-state index in [9.17, 15) is 8.42 Å². The molecule has 3 atom stereocenters. The summed E-state index contributed by atoms with van der Waals surface area (Å²) in [6, 6.07) is 0. The average molecular weight is 503 g/mol. The third-order valence-corrected chi connectivity index (χ3v) is 7.57. The van der Waals surface area contributed by atoms with Gasteiger partial charge in [0.05, 0.1) is 11.5 Å². The Morgan fingerprint density at radius 1 is 0.625 bits per heavy atom. The molecule has 0 aromatic rings. The molecule has 3 unspecified atom stereocenters. The third kappa shape index (κ3) is 30.0. The maximum Gasteiger partial charge on any atom is 0.466 e. The topological polar surface area (TPSA) is 132 Å². The first-order valence-corrected chi connectivity index (χ1v) is 15.6. The minimum atomic E-state index is -4.64. The second kappa shape index (κ2) is 19.3. The van der Waals surface area contributed by atoms with Crippen LogP contribution in [-0.4, -0.2) is 46.3 Å². The van der Waals surface area contributed by atoms with Crippen LogP contribution in [0.2, 0.25) is 0 Å². The number of sulfone groups is 1. The average Bonchev–Trinajstić information content (AvgIpc) is 2.63. The van der Waals surface area contributed by atoms with E-state index >= 15 is 0 Å². The zero-order chi connectivity index (χ0) is 25.2. The van der Waals surface area contributed by atoms with Crippen LogP contribution in [0.5, 0.6) is 0 Å². The van der Waals surface area contributed by atoms with Gasteiger partial charge in [0.15, 0.2) is 0 Å². The second-order valence-corrected chi connectivity index (χ2v) is 13.4. The van der Waals surface area contributed by atoms with Crippen molar-refractivity contribution in [1.82, 2.24) is 0 Å². The quantitative estimate of drug-likeness (QED) is 0.186. The molecule has 9 heteroatoms. The summed E-state index contributed by atoms with van der Waals surface area (Å²) in [4.78, 5) is 21.6. The van der Waals surface area contributed by atoms with E-state index in [0.29, 0.717) is 12.3 Å². The minimum absolute atomic E-state index is 0.0383. The molecule has 0 saturated heterocycles. The van der Waals surface area contributed by atoms with Crippen LogP contribution in [0.1, 0.15) is 105 Å². The highest BCUT2D eigenvalue weighted by atomic mass is 32.2. The molecule has 4 N–H and O–H groups in total. The lowest BCUT2D eigenvalue weighted by Gasteiger charge is -2.16. The van der Waals surface area contributed by atoms with Crippen molar-refractivity contribution in [2.45, 2.75) is 105 Å². The Kier molecular flexibility index (Phi) is 20.7. The van der Waals surface area contributed by atoms with E-state index in [1.54, 1.807) is 0 Å². The molecule has 0 spiro atoms. The van der Waals surface area contributed by atoms with E-state index in [0.717, 1.165) is 30.6 Å². The normalized spacial score (nSPS) is 15.2. The molecule has 0 radical (unpaired) electrons. The van der Waals surface area contributed by atoms with Crippen LogP contribution in [0.3, 0.4) is 0 Å². The lowest BCUT2D eigenvalue weighted by molar-refractivity contribution is 0.275. The van der Waals surface area contributed by atoms with E-state index < -0.39 is 17.7 Å². The van der Waals surface area contributed by atoms with Gasteiger partial charge < -0.3 is 19.8 Å². The van der Waals surface area contributed by atoms with Crippen LogP contribution >= 0.6 is 7.82 Å². The van der Waals surface area contributed by atoms with E-state index in [-0.39, 0.29) is 18.1 Å². The van der Waals surface area contributed by atoms with Crippen LogP contribution in [0.4, 0.5) is 0 Å². The molecule has 32 heavy (non-hydrogen) atoms. The van der Waals surface area contributed by atoms with E-state index in [4.69, 9.17) is 24.4 Å². The molecule has 0 heterocycles. The molecule has 0 rings (SSSR count). The molecule has 196 valence electrons. The molecule has 0 amide bonds. The van der Waals surface area contributed by atoms with Gasteiger partial charge in [-0.1, -0.05) is 92.4 Å². The Labute approximate surface area is 197 Å². The highest BCUT2D eigenvalue weighted by Gasteiger charge is 2.13. The summed E-state index contributed by atoms with van der Waals surface area (Å²) in [6.07, 6.45) is 12.9. The summed E-state index contributed by atoms with van der Waals surface area (Å²) < 4.78 is 32.6. The van der Waals surface area contributed by atoms with Crippen molar-refractivity contribution >= 4 is 17.7 Å². The Bertz CT molecular complexity index is 567. The van der Waals surface area contributed by atoms with Crippen molar-refractivity contribution in [3.05, 3.63) is 0 Å². The fourth-order valence-corrected chi connectivity index (χ4v) is 5.24. The SMILES string of the molecule is CC(C)CCCC(C)CCCC(C)CCCC(C)CCS(=O)(=O)CCCO.O=P(O)(O)O. The highest BCUT2D eigenvalue weighted by Crippen LogP contribution is 2.26. The van der Waals surface area contributed by atoms with Crippen LogP contribution in [0.25, 0.3) is 0 Å². The lowest BCUT2D eigenvalue weighted by Crippen LogP contribution is -2.14. The minimum Gasteiger partial charge on any atom is -0.396 e. The number of rotatable bonds is 18. The van der Waals surface area contributed by atoms with E-state index in [1.165, 1.54) is 51.4 Å². The lowest BCUT2D eigenvalue weighted by atomic mass is 9.91. The van der Waals surface area contributed by atoms with Gasteiger partial charge in [0.25, 0.3) is 0 Å². The van der Waals surface area contributed by atoms with Crippen LogP contribution < -0.4 is 0 Å². The first-order valence-electron chi connectivity index (χ1n) is 12.3. The van der Waals surface area contributed by atoms with Crippen molar-refractivity contribution in [1.29, 1.82) is 0 Å². The predicted molar refractivity (Wildman–Crippen MR) is 133 cm³/mol. The first kappa shape index (κ1) is 34.2. The van der Waals surface area contributed by atoms with Gasteiger partial charge >= 0.3 is 7.82 Å². The zero-order valence-corrected chi connectivity index (χ0v) is 22.8. The highest BCUT2D eigenvalue weighted by molar-refractivity contribution is 7.91. The van der Waals surface area contributed by atoms with Gasteiger partial charge in [-0.05, 0) is 36.5 Å². The van der Waals surface area contributed by atoms with Crippen molar-refractivity contribution in [2.75, 3.05) is 18.1 Å². The summed E-state index contributed by atoms with van der Waals surface area (Å²) in [5.41, 5.74) is 0. The number of aliphatic hydroxyl groups is 1. The molecule has 0 aliphatic carbocycles. The maximum absolute atomic E-state index is 11.8. The maximum atomic E-state index is 11.8. The number of hydrogen-bond acceptors (Lipinski definition) is 4. The first-order chi connectivity index (χ1) is 14.7. The summed E-state index contributed by atoms with van der Waals surface area (Å²) in [6.45, 7) is 11.5. The molecule has 0 fully saturated rings. The molecule has 0 aromatic carbocycles. The van der Waals surface area contributed by atoms with Gasteiger partial charge in [-0.25, -0.2) is 13.0 Å². The van der Waals surface area contributed by atoms with E-state index in [2.05, 4.69) is 34.6 Å². The fraction of sp³-hybridized carbons (Fsp3) is 1.00. The summed E-state index contributed by atoms with van der Waals surface area (Å²) >= 11 is 0. The van der Waals surface area contributed by atoms with Gasteiger partial charge in [-0.3, -0.25) is 0 Å². The van der Waals surface area contributed by atoms with Crippen LogP contribution in [0.15, 0.2) is 0 Å². The Hall–Kier alpha value is 0.0200. The summed E-state index contributed by atoms with van der Waals surface area (Å²) in [5, 5.41) is 8.76. The van der Waals surface area contributed by atoms with Crippen molar-refractivity contribution in [2.24, 2.45) is 23.7 Å². The zero-order valence-electron chi connectivity index (χ0n) is 21.1.